The van der Waals surface area contributed by atoms with E-state index < -0.39 is 0 Å². The predicted octanol–water partition coefficient (Wildman–Crippen LogP) is 3.40. The summed E-state index contributed by atoms with van der Waals surface area (Å²) in [5.41, 5.74) is 7.31. The Kier molecular flexibility index (Phi) is 4.08. The number of nitrogens with zero attached hydrogens (tertiary/aromatic N) is 1. The Morgan fingerprint density at radius 1 is 1.17 bits per heavy atom. The summed E-state index contributed by atoms with van der Waals surface area (Å²) in [7, 11) is 0. The minimum Gasteiger partial charge on any atom is -0.326 e. The lowest BCUT2D eigenvalue weighted by Gasteiger charge is -2.48. The zero-order valence-electron chi connectivity index (χ0n) is 12.8. The Morgan fingerprint density at radius 2 is 1.78 bits per heavy atom. The minimum absolute atomic E-state index is 0.359. The molecule has 2 aliphatic rings. The van der Waals surface area contributed by atoms with Crippen molar-refractivity contribution in [1.82, 2.24) is 4.90 Å². The lowest BCUT2D eigenvalue weighted by molar-refractivity contribution is 0.0367. The smallest absolute Gasteiger partial charge is 0.0361 e. The van der Waals surface area contributed by atoms with E-state index in [9.17, 15) is 0 Å². The molecule has 2 N–H and O–H groups in total. The van der Waals surface area contributed by atoms with Gasteiger partial charge in [-0.3, -0.25) is 4.90 Å². The molecule has 18 heavy (non-hydrogen) atoms. The van der Waals surface area contributed by atoms with Gasteiger partial charge in [0.25, 0.3) is 0 Å². The van der Waals surface area contributed by atoms with Crippen molar-refractivity contribution in [3.05, 3.63) is 0 Å². The number of nitrogens with two attached hydrogens (primary N) is 1. The van der Waals surface area contributed by atoms with E-state index in [4.69, 9.17) is 5.73 Å². The molecule has 1 heterocycles. The van der Waals surface area contributed by atoms with Crippen molar-refractivity contribution in [2.24, 2.45) is 17.1 Å². The van der Waals surface area contributed by atoms with Crippen LogP contribution in [0.5, 0.6) is 0 Å². The van der Waals surface area contributed by atoms with E-state index in [1.165, 1.54) is 51.6 Å². The lowest BCUT2D eigenvalue weighted by Crippen LogP contribution is -2.56. The van der Waals surface area contributed by atoms with Crippen LogP contribution in [0, 0.1) is 11.3 Å². The molecule has 1 aliphatic carbocycles. The molecular weight excluding hydrogens is 220 g/mol. The van der Waals surface area contributed by atoms with Crippen molar-refractivity contribution in [1.29, 1.82) is 0 Å². The summed E-state index contributed by atoms with van der Waals surface area (Å²) in [4.78, 5) is 2.72. The summed E-state index contributed by atoms with van der Waals surface area (Å²) < 4.78 is 0. The van der Waals surface area contributed by atoms with Gasteiger partial charge in [0.1, 0.15) is 0 Å². The number of rotatable bonds is 2. The molecule has 1 spiro atoms. The molecule has 0 radical (unpaired) electrons. The second-order valence-corrected chi connectivity index (χ2v) is 7.63. The molecule has 1 atom stereocenters. The Balaban J connectivity index is 2.05. The molecule has 1 saturated carbocycles. The first kappa shape index (κ1) is 14.3. The summed E-state index contributed by atoms with van der Waals surface area (Å²) >= 11 is 0. The van der Waals surface area contributed by atoms with Gasteiger partial charge in [-0.2, -0.15) is 0 Å². The van der Waals surface area contributed by atoms with Crippen LogP contribution in [0.1, 0.15) is 66.2 Å². The monoisotopic (exact) mass is 252 g/mol. The topological polar surface area (TPSA) is 29.3 Å². The number of likely N-dealkylation sites (tertiary alicyclic amines) is 1. The molecule has 0 bridgehead atoms. The van der Waals surface area contributed by atoms with Crippen LogP contribution in [0.4, 0.5) is 0 Å². The van der Waals surface area contributed by atoms with Crippen LogP contribution in [0.15, 0.2) is 0 Å². The molecule has 1 unspecified atom stereocenters. The summed E-state index contributed by atoms with van der Waals surface area (Å²) in [6, 6.07) is 0.421. The SMILES string of the molecule is CCCN1CCC(N)C12CCC(C(C)(C)C)CC2. The van der Waals surface area contributed by atoms with Crippen LogP contribution in [0.2, 0.25) is 0 Å². The highest BCUT2D eigenvalue weighted by Crippen LogP contribution is 2.47. The third-order valence-corrected chi connectivity index (χ3v) is 5.60. The van der Waals surface area contributed by atoms with Crippen molar-refractivity contribution in [2.75, 3.05) is 13.1 Å². The maximum Gasteiger partial charge on any atom is 0.0361 e. The molecule has 2 nitrogen and oxygen atoms in total. The second-order valence-electron chi connectivity index (χ2n) is 7.63. The second kappa shape index (κ2) is 5.13. The maximum atomic E-state index is 6.48. The summed E-state index contributed by atoms with van der Waals surface area (Å²) in [5.74, 6) is 0.888. The quantitative estimate of drug-likeness (QED) is 0.816. The molecule has 2 rings (SSSR count). The van der Waals surface area contributed by atoms with E-state index in [0.29, 0.717) is 17.0 Å². The Labute approximate surface area is 113 Å². The fourth-order valence-corrected chi connectivity index (χ4v) is 4.30. The van der Waals surface area contributed by atoms with E-state index in [1.54, 1.807) is 0 Å². The molecule has 0 aromatic rings. The van der Waals surface area contributed by atoms with Gasteiger partial charge in [-0.1, -0.05) is 27.7 Å². The van der Waals surface area contributed by atoms with Crippen LogP contribution < -0.4 is 5.73 Å². The van der Waals surface area contributed by atoms with Gasteiger partial charge in [0.2, 0.25) is 0 Å². The first-order chi connectivity index (χ1) is 8.40. The minimum atomic E-state index is 0.359. The van der Waals surface area contributed by atoms with Crippen molar-refractivity contribution < 1.29 is 0 Å². The van der Waals surface area contributed by atoms with Crippen molar-refractivity contribution >= 4 is 0 Å². The van der Waals surface area contributed by atoms with E-state index >= 15 is 0 Å². The van der Waals surface area contributed by atoms with Gasteiger partial charge >= 0.3 is 0 Å². The fraction of sp³-hybridized carbons (Fsp3) is 1.00. The highest BCUT2D eigenvalue weighted by molar-refractivity contribution is 5.07. The lowest BCUT2D eigenvalue weighted by atomic mass is 9.65. The number of hydrogen-bond donors (Lipinski definition) is 1. The highest BCUT2D eigenvalue weighted by Gasteiger charge is 2.49. The van der Waals surface area contributed by atoms with Gasteiger partial charge in [-0.15, -0.1) is 0 Å². The van der Waals surface area contributed by atoms with Crippen molar-refractivity contribution in [3.63, 3.8) is 0 Å². The van der Waals surface area contributed by atoms with E-state index in [1.807, 2.05) is 0 Å². The van der Waals surface area contributed by atoms with Gasteiger partial charge in [-0.05, 0) is 56.4 Å². The standard InChI is InChI=1S/C16H32N2/c1-5-11-18-12-8-14(17)16(18)9-6-13(7-10-16)15(2,3)4/h13-14H,5-12,17H2,1-4H3. The molecule has 0 amide bonds. The fourth-order valence-electron chi connectivity index (χ4n) is 4.30. The summed E-state index contributed by atoms with van der Waals surface area (Å²) in [5, 5.41) is 0. The molecule has 0 aromatic carbocycles. The molecule has 2 heteroatoms. The van der Waals surface area contributed by atoms with Gasteiger partial charge in [-0.25, -0.2) is 0 Å². The van der Waals surface area contributed by atoms with Crippen molar-refractivity contribution in [2.45, 2.75) is 77.8 Å². The van der Waals surface area contributed by atoms with Crippen molar-refractivity contribution in [3.8, 4) is 0 Å². The van der Waals surface area contributed by atoms with Gasteiger partial charge in [0.05, 0.1) is 0 Å². The zero-order chi connectivity index (χ0) is 13.4. The van der Waals surface area contributed by atoms with Gasteiger partial charge in [0, 0.05) is 18.1 Å². The third-order valence-electron chi connectivity index (χ3n) is 5.60. The average Bonchev–Trinajstić information content (AvgIpc) is 2.59. The van der Waals surface area contributed by atoms with Gasteiger partial charge < -0.3 is 5.73 Å². The molecule has 0 aromatic heterocycles. The van der Waals surface area contributed by atoms with Crippen LogP contribution in [0.3, 0.4) is 0 Å². The number of hydrogen-bond acceptors (Lipinski definition) is 2. The van der Waals surface area contributed by atoms with E-state index in [0.717, 1.165) is 5.92 Å². The molecule has 1 saturated heterocycles. The van der Waals surface area contributed by atoms with Crippen LogP contribution in [-0.4, -0.2) is 29.6 Å². The molecule has 1 aliphatic heterocycles. The van der Waals surface area contributed by atoms with Crippen LogP contribution >= 0.6 is 0 Å². The normalized spacial score (nSPS) is 38.5. The highest BCUT2D eigenvalue weighted by atomic mass is 15.2. The van der Waals surface area contributed by atoms with Crippen LogP contribution in [0.25, 0.3) is 0 Å². The average molecular weight is 252 g/mol. The first-order valence-corrected chi connectivity index (χ1v) is 7.91. The van der Waals surface area contributed by atoms with Crippen LogP contribution in [-0.2, 0) is 0 Å². The molecule has 2 fully saturated rings. The van der Waals surface area contributed by atoms with Gasteiger partial charge in [0.15, 0.2) is 0 Å². The predicted molar refractivity (Wildman–Crippen MR) is 78.6 cm³/mol. The largest absolute Gasteiger partial charge is 0.326 e. The third kappa shape index (κ3) is 2.46. The Hall–Kier alpha value is -0.0800. The summed E-state index contributed by atoms with van der Waals surface area (Å²) in [6.07, 6.45) is 7.87. The molecule has 106 valence electrons. The van der Waals surface area contributed by atoms with E-state index in [2.05, 4.69) is 32.6 Å². The maximum absolute atomic E-state index is 6.48. The Morgan fingerprint density at radius 3 is 2.28 bits per heavy atom. The Bertz CT molecular complexity index is 269. The summed E-state index contributed by atoms with van der Waals surface area (Å²) in [6.45, 7) is 12.0. The molecular formula is C16H32N2. The first-order valence-electron chi connectivity index (χ1n) is 7.91. The zero-order valence-corrected chi connectivity index (χ0v) is 12.8. The van der Waals surface area contributed by atoms with E-state index in [-0.39, 0.29) is 0 Å².